The van der Waals surface area contributed by atoms with E-state index in [2.05, 4.69) is 34.1 Å². The Labute approximate surface area is 120 Å². The van der Waals surface area contributed by atoms with Crippen LogP contribution < -0.4 is 9.80 Å². The molecule has 0 N–H and O–H groups in total. The summed E-state index contributed by atoms with van der Waals surface area (Å²) in [5.74, 6) is 0. The molecule has 0 unspecified atom stereocenters. The molecule has 5 heteroatoms. The summed E-state index contributed by atoms with van der Waals surface area (Å²) in [7, 11) is 4.07. The quantitative estimate of drug-likeness (QED) is 0.847. The van der Waals surface area contributed by atoms with Gasteiger partial charge in [-0.15, -0.1) is 0 Å². The zero-order chi connectivity index (χ0) is 14.5. The summed E-state index contributed by atoms with van der Waals surface area (Å²) >= 11 is 0. The van der Waals surface area contributed by atoms with Crippen molar-refractivity contribution in [2.45, 2.75) is 6.92 Å². The first kappa shape index (κ1) is 14.5. The molecule has 0 aromatic heterocycles. The molecular weight excluding hydrogens is 254 g/mol. The summed E-state index contributed by atoms with van der Waals surface area (Å²) in [5.41, 5.74) is 2.40. The van der Waals surface area contributed by atoms with Crippen LogP contribution in [0.2, 0.25) is 0 Å². The van der Waals surface area contributed by atoms with Gasteiger partial charge in [-0.25, -0.2) is 4.79 Å². The van der Waals surface area contributed by atoms with E-state index in [4.69, 9.17) is 4.74 Å². The number of hydrogen-bond donors (Lipinski definition) is 0. The molecule has 1 aliphatic heterocycles. The lowest BCUT2D eigenvalue weighted by atomic mass is 10.2. The second kappa shape index (κ2) is 6.50. The number of anilines is 2. The second-order valence-electron chi connectivity index (χ2n) is 5.08. The van der Waals surface area contributed by atoms with Gasteiger partial charge in [0.05, 0.1) is 6.61 Å². The van der Waals surface area contributed by atoms with Gasteiger partial charge in [-0.05, 0) is 31.2 Å². The van der Waals surface area contributed by atoms with Crippen LogP contribution in [0.1, 0.15) is 6.92 Å². The number of piperazine rings is 1. The van der Waals surface area contributed by atoms with Gasteiger partial charge in [0.1, 0.15) is 0 Å². The molecule has 1 aromatic carbocycles. The van der Waals surface area contributed by atoms with Crippen molar-refractivity contribution in [3.8, 4) is 0 Å². The third-order valence-corrected chi connectivity index (χ3v) is 3.54. The first-order valence-corrected chi connectivity index (χ1v) is 7.06. The van der Waals surface area contributed by atoms with Gasteiger partial charge in [0.15, 0.2) is 0 Å². The monoisotopic (exact) mass is 277 g/mol. The molecule has 2 rings (SSSR count). The van der Waals surface area contributed by atoms with Crippen molar-refractivity contribution in [1.29, 1.82) is 0 Å². The van der Waals surface area contributed by atoms with E-state index in [0.717, 1.165) is 13.1 Å². The number of nitrogens with zero attached hydrogens (tertiary/aromatic N) is 3. The Hall–Kier alpha value is -1.91. The number of ether oxygens (including phenoxy) is 1. The minimum Gasteiger partial charge on any atom is -0.450 e. The van der Waals surface area contributed by atoms with E-state index in [-0.39, 0.29) is 6.09 Å². The van der Waals surface area contributed by atoms with E-state index in [1.807, 2.05) is 21.0 Å². The molecule has 0 atom stereocenters. The van der Waals surface area contributed by atoms with Gasteiger partial charge in [-0.1, -0.05) is 0 Å². The molecule has 110 valence electrons. The van der Waals surface area contributed by atoms with Crippen LogP contribution in [0.3, 0.4) is 0 Å². The van der Waals surface area contributed by atoms with E-state index in [0.29, 0.717) is 19.7 Å². The van der Waals surface area contributed by atoms with Crippen molar-refractivity contribution in [1.82, 2.24) is 4.90 Å². The maximum absolute atomic E-state index is 11.6. The Kier molecular flexibility index (Phi) is 4.71. The predicted octanol–water partition coefficient (Wildman–Crippen LogP) is 2.03. The van der Waals surface area contributed by atoms with Gasteiger partial charge in [0, 0.05) is 51.6 Å². The molecule has 1 saturated heterocycles. The largest absolute Gasteiger partial charge is 0.450 e. The van der Waals surface area contributed by atoms with Crippen molar-refractivity contribution in [3.63, 3.8) is 0 Å². The first-order chi connectivity index (χ1) is 9.61. The number of carbonyl (C=O) groups excluding carboxylic acids is 1. The third-order valence-electron chi connectivity index (χ3n) is 3.54. The normalized spacial score (nSPS) is 15.2. The van der Waals surface area contributed by atoms with E-state index in [1.165, 1.54) is 11.4 Å². The Balaban J connectivity index is 1.91. The van der Waals surface area contributed by atoms with Gasteiger partial charge < -0.3 is 19.4 Å². The topological polar surface area (TPSA) is 36.0 Å². The van der Waals surface area contributed by atoms with Crippen LogP contribution in [0.4, 0.5) is 16.2 Å². The summed E-state index contributed by atoms with van der Waals surface area (Å²) in [6.45, 7) is 5.40. The number of carbonyl (C=O) groups is 1. The predicted molar refractivity (Wildman–Crippen MR) is 81.6 cm³/mol. The maximum Gasteiger partial charge on any atom is 0.409 e. The molecule has 0 bridgehead atoms. The van der Waals surface area contributed by atoms with Gasteiger partial charge in [-0.3, -0.25) is 0 Å². The highest BCUT2D eigenvalue weighted by molar-refractivity contribution is 5.68. The van der Waals surface area contributed by atoms with Crippen LogP contribution in [0.25, 0.3) is 0 Å². The molecule has 1 heterocycles. The molecule has 0 radical (unpaired) electrons. The molecule has 5 nitrogen and oxygen atoms in total. The van der Waals surface area contributed by atoms with Crippen LogP contribution >= 0.6 is 0 Å². The summed E-state index contributed by atoms with van der Waals surface area (Å²) < 4.78 is 5.03. The fourth-order valence-corrected chi connectivity index (χ4v) is 2.32. The van der Waals surface area contributed by atoms with E-state index in [9.17, 15) is 4.79 Å². The van der Waals surface area contributed by atoms with Crippen molar-refractivity contribution in [2.24, 2.45) is 0 Å². The van der Waals surface area contributed by atoms with Crippen LogP contribution in [0, 0.1) is 0 Å². The van der Waals surface area contributed by atoms with Crippen molar-refractivity contribution < 1.29 is 9.53 Å². The fraction of sp³-hybridized carbons (Fsp3) is 0.533. The molecule has 1 aliphatic rings. The minimum absolute atomic E-state index is 0.199. The summed E-state index contributed by atoms with van der Waals surface area (Å²) in [6, 6.07) is 8.50. The smallest absolute Gasteiger partial charge is 0.409 e. The van der Waals surface area contributed by atoms with Crippen LogP contribution in [0.15, 0.2) is 24.3 Å². The highest BCUT2D eigenvalue weighted by atomic mass is 16.6. The van der Waals surface area contributed by atoms with E-state index < -0.39 is 0 Å². The molecular formula is C15H23N3O2. The Morgan fingerprint density at radius 1 is 1.15 bits per heavy atom. The van der Waals surface area contributed by atoms with E-state index >= 15 is 0 Å². The zero-order valence-corrected chi connectivity index (χ0v) is 12.5. The fourth-order valence-electron chi connectivity index (χ4n) is 2.32. The number of benzene rings is 1. The second-order valence-corrected chi connectivity index (χ2v) is 5.08. The number of amides is 1. The summed E-state index contributed by atoms with van der Waals surface area (Å²) in [5, 5.41) is 0. The molecule has 0 aliphatic carbocycles. The highest BCUT2D eigenvalue weighted by Crippen LogP contribution is 2.20. The zero-order valence-electron chi connectivity index (χ0n) is 12.5. The first-order valence-electron chi connectivity index (χ1n) is 7.06. The van der Waals surface area contributed by atoms with Crippen LogP contribution in [-0.2, 0) is 4.74 Å². The van der Waals surface area contributed by atoms with Gasteiger partial charge in [0.25, 0.3) is 0 Å². The average Bonchev–Trinajstić information content (AvgIpc) is 2.48. The van der Waals surface area contributed by atoms with Gasteiger partial charge in [0.2, 0.25) is 0 Å². The van der Waals surface area contributed by atoms with Crippen LogP contribution in [0.5, 0.6) is 0 Å². The Bertz CT molecular complexity index is 437. The number of hydrogen-bond acceptors (Lipinski definition) is 4. The highest BCUT2D eigenvalue weighted by Gasteiger charge is 2.21. The Morgan fingerprint density at radius 2 is 1.75 bits per heavy atom. The molecule has 1 aromatic rings. The van der Waals surface area contributed by atoms with Crippen molar-refractivity contribution in [2.75, 3.05) is 56.7 Å². The molecule has 20 heavy (non-hydrogen) atoms. The maximum atomic E-state index is 11.6. The average molecular weight is 277 g/mol. The van der Waals surface area contributed by atoms with Crippen molar-refractivity contribution in [3.05, 3.63) is 24.3 Å². The lowest BCUT2D eigenvalue weighted by Gasteiger charge is -2.35. The molecule has 1 amide bonds. The molecule has 1 fully saturated rings. The molecule has 0 spiro atoms. The SMILES string of the molecule is CCOC(=O)N1CCN(c2ccc(N(C)C)cc2)CC1. The Morgan fingerprint density at radius 3 is 2.25 bits per heavy atom. The van der Waals surface area contributed by atoms with E-state index in [1.54, 1.807) is 4.90 Å². The number of rotatable bonds is 3. The summed E-state index contributed by atoms with van der Waals surface area (Å²) in [6.07, 6.45) is -0.199. The third kappa shape index (κ3) is 3.35. The summed E-state index contributed by atoms with van der Waals surface area (Å²) in [4.78, 5) is 17.8. The van der Waals surface area contributed by atoms with Gasteiger partial charge in [-0.2, -0.15) is 0 Å². The lowest BCUT2D eigenvalue weighted by Crippen LogP contribution is -2.49. The lowest BCUT2D eigenvalue weighted by molar-refractivity contribution is 0.105. The standard InChI is InChI=1S/C15H23N3O2/c1-4-20-15(19)18-11-9-17(10-12-18)14-7-5-13(6-8-14)16(2)3/h5-8H,4,9-12H2,1-3H3. The van der Waals surface area contributed by atoms with Gasteiger partial charge >= 0.3 is 6.09 Å². The van der Waals surface area contributed by atoms with Crippen molar-refractivity contribution >= 4 is 17.5 Å². The minimum atomic E-state index is -0.199. The molecule has 0 saturated carbocycles. The van der Waals surface area contributed by atoms with Crippen LogP contribution in [-0.4, -0.2) is 57.9 Å².